The van der Waals surface area contributed by atoms with E-state index in [4.69, 9.17) is 9.47 Å². The molecule has 0 saturated carbocycles. The number of carbonyl (C=O) groups is 3. The van der Waals surface area contributed by atoms with E-state index < -0.39 is 18.0 Å². The Morgan fingerprint density at radius 1 is 1.38 bits per heavy atom. The molecule has 1 N–H and O–H groups in total. The lowest BCUT2D eigenvalue weighted by atomic mass is 10.1. The summed E-state index contributed by atoms with van der Waals surface area (Å²) in [5.41, 5.74) is 0.991. The molecular weight excluding hydrogens is 274 g/mol. The van der Waals surface area contributed by atoms with Gasteiger partial charge in [0.1, 0.15) is 0 Å². The summed E-state index contributed by atoms with van der Waals surface area (Å²) in [7, 11) is 0. The van der Waals surface area contributed by atoms with Crippen molar-refractivity contribution in [2.24, 2.45) is 0 Å². The summed E-state index contributed by atoms with van der Waals surface area (Å²) in [6.45, 7) is 1.62. The van der Waals surface area contributed by atoms with Crippen LogP contribution in [-0.2, 0) is 19.1 Å². The molecule has 1 aromatic rings. The van der Waals surface area contributed by atoms with Crippen LogP contribution in [0.25, 0.3) is 0 Å². The molecule has 1 heterocycles. The Balaban J connectivity index is 1.82. The first kappa shape index (κ1) is 15.2. The molecule has 0 bridgehead atoms. The second-order valence-corrected chi connectivity index (χ2v) is 4.79. The largest absolute Gasteiger partial charge is 0.454 e. The van der Waals surface area contributed by atoms with E-state index in [1.165, 1.54) is 6.92 Å². The monoisotopic (exact) mass is 291 g/mol. The van der Waals surface area contributed by atoms with Crippen molar-refractivity contribution >= 4 is 23.3 Å². The normalized spacial score (nSPS) is 17.3. The second kappa shape index (κ2) is 6.99. The third kappa shape index (κ3) is 4.39. The Morgan fingerprint density at radius 2 is 2.19 bits per heavy atom. The van der Waals surface area contributed by atoms with Gasteiger partial charge in [-0.2, -0.15) is 0 Å². The topological polar surface area (TPSA) is 81.7 Å². The highest BCUT2D eigenvalue weighted by atomic mass is 16.6. The number of nitrogens with one attached hydrogen (secondary N) is 1. The molecule has 0 aromatic heterocycles. The van der Waals surface area contributed by atoms with Crippen LogP contribution in [0.15, 0.2) is 24.3 Å². The van der Waals surface area contributed by atoms with Gasteiger partial charge < -0.3 is 14.8 Å². The van der Waals surface area contributed by atoms with Crippen LogP contribution in [-0.4, -0.2) is 37.0 Å². The predicted molar refractivity (Wildman–Crippen MR) is 75.0 cm³/mol. The first-order valence-electron chi connectivity index (χ1n) is 6.75. The van der Waals surface area contributed by atoms with E-state index in [2.05, 4.69) is 5.32 Å². The average molecular weight is 291 g/mol. The fourth-order valence-electron chi connectivity index (χ4n) is 2.01. The van der Waals surface area contributed by atoms with Crippen LogP contribution in [0.4, 0.5) is 5.69 Å². The number of Topliss-reactive ketones (excluding diaryl/α,β-unsaturated/α-hetero) is 1. The maximum atomic E-state index is 11.7. The molecule has 1 aliphatic heterocycles. The minimum Gasteiger partial charge on any atom is -0.454 e. The molecule has 2 rings (SSSR count). The molecule has 112 valence electrons. The quantitative estimate of drug-likeness (QED) is 0.657. The van der Waals surface area contributed by atoms with E-state index in [0.29, 0.717) is 24.3 Å². The predicted octanol–water partition coefficient (Wildman–Crippen LogP) is 1.55. The van der Waals surface area contributed by atoms with Crippen LogP contribution in [0.1, 0.15) is 30.1 Å². The third-order valence-corrected chi connectivity index (χ3v) is 3.09. The molecular formula is C15H17NO5. The van der Waals surface area contributed by atoms with Crippen LogP contribution in [0.2, 0.25) is 0 Å². The number of esters is 1. The number of ether oxygens (including phenoxy) is 2. The third-order valence-electron chi connectivity index (χ3n) is 3.09. The van der Waals surface area contributed by atoms with Crippen molar-refractivity contribution in [3.63, 3.8) is 0 Å². The van der Waals surface area contributed by atoms with Gasteiger partial charge in [0.2, 0.25) is 0 Å². The lowest BCUT2D eigenvalue weighted by Crippen LogP contribution is -2.27. The number of benzene rings is 1. The fraction of sp³-hybridized carbons (Fsp3) is 0.400. The van der Waals surface area contributed by atoms with Gasteiger partial charge in [-0.05, 0) is 31.9 Å². The maximum absolute atomic E-state index is 11.7. The summed E-state index contributed by atoms with van der Waals surface area (Å²) in [6, 6.07) is 6.56. The molecule has 6 nitrogen and oxygen atoms in total. The van der Waals surface area contributed by atoms with E-state index in [1.807, 2.05) is 0 Å². The second-order valence-electron chi connectivity index (χ2n) is 4.79. The summed E-state index contributed by atoms with van der Waals surface area (Å²) in [5.74, 6) is -1.06. The van der Waals surface area contributed by atoms with Crippen molar-refractivity contribution in [3.05, 3.63) is 29.8 Å². The van der Waals surface area contributed by atoms with E-state index in [1.54, 1.807) is 24.3 Å². The molecule has 21 heavy (non-hydrogen) atoms. The van der Waals surface area contributed by atoms with E-state index in [9.17, 15) is 14.4 Å². The number of ketones is 1. The number of carbonyl (C=O) groups excluding carboxylic acids is 3. The summed E-state index contributed by atoms with van der Waals surface area (Å²) in [5, 5.41) is 2.57. The van der Waals surface area contributed by atoms with Crippen molar-refractivity contribution in [2.75, 3.05) is 18.5 Å². The van der Waals surface area contributed by atoms with Crippen molar-refractivity contribution in [3.8, 4) is 0 Å². The van der Waals surface area contributed by atoms with Crippen LogP contribution in [0, 0.1) is 0 Å². The number of anilines is 1. The highest BCUT2D eigenvalue weighted by Gasteiger charge is 2.25. The van der Waals surface area contributed by atoms with E-state index >= 15 is 0 Å². The van der Waals surface area contributed by atoms with Gasteiger partial charge in [0.05, 0.1) is 0 Å². The summed E-state index contributed by atoms with van der Waals surface area (Å²) in [6.07, 6.45) is 0.893. The van der Waals surface area contributed by atoms with Gasteiger partial charge in [0, 0.05) is 17.9 Å². The van der Waals surface area contributed by atoms with Crippen molar-refractivity contribution < 1.29 is 23.9 Å². The van der Waals surface area contributed by atoms with E-state index in [-0.39, 0.29) is 12.4 Å². The van der Waals surface area contributed by atoms with Crippen LogP contribution >= 0.6 is 0 Å². The van der Waals surface area contributed by atoms with Crippen LogP contribution in [0.3, 0.4) is 0 Å². The molecule has 0 unspecified atom stereocenters. The van der Waals surface area contributed by atoms with Crippen molar-refractivity contribution in [1.82, 2.24) is 0 Å². The molecule has 1 aromatic carbocycles. The van der Waals surface area contributed by atoms with Gasteiger partial charge in [-0.1, -0.05) is 12.1 Å². The van der Waals surface area contributed by atoms with Gasteiger partial charge in [-0.25, -0.2) is 4.79 Å². The van der Waals surface area contributed by atoms with Crippen molar-refractivity contribution in [1.29, 1.82) is 0 Å². The summed E-state index contributed by atoms with van der Waals surface area (Å²) in [4.78, 5) is 34.5. The Morgan fingerprint density at radius 3 is 2.86 bits per heavy atom. The van der Waals surface area contributed by atoms with Crippen molar-refractivity contribution in [2.45, 2.75) is 25.9 Å². The molecule has 1 fully saturated rings. The van der Waals surface area contributed by atoms with Gasteiger partial charge in [-0.15, -0.1) is 0 Å². The standard InChI is InChI=1S/C15H17NO5/c1-10(17)11-4-2-5-12(8-11)16-14(18)9-21-15(19)13-6-3-7-20-13/h2,4-5,8,13H,3,6-7,9H2,1H3,(H,16,18)/t13-/m0/s1. The Kier molecular flexibility index (Phi) is 5.05. The molecule has 1 aliphatic rings. The first-order valence-corrected chi connectivity index (χ1v) is 6.75. The zero-order valence-electron chi connectivity index (χ0n) is 11.8. The minimum absolute atomic E-state index is 0.0871. The molecule has 1 atom stereocenters. The lowest BCUT2D eigenvalue weighted by molar-refractivity contribution is -0.156. The Labute approximate surface area is 122 Å². The highest BCUT2D eigenvalue weighted by molar-refractivity contribution is 5.97. The Bertz CT molecular complexity index is 549. The lowest BCUT2D eigenvalue weighted by Gasteiger charge is -2.10. The molecule has 6 heteroatoms. The molecule has 0 radical (unpaired) electrons. The zero-order chi connectivity index (χ0) is 15.2. The highest BCUT2D eigenvalue weighted by Crippen LogP contribution is 2.14. The number of hydrogen-bond donors (Lipinski definition) is 1. The minimum atomic E-state index is -0.557. The van der Waals surface area contributed by atoms with Crippen LogP contribution in [0.5, 0.6) is 0 Å². The number of hydrogen-bond acceptors (Lipinski definition) is 5. The molecule has 1 amide bonds. The fourth-order valence-corrected chi connectivity index (χ4v) is 2.01. The van der Waals surface area contributed by atoms with E-state index in [0.717, 1.165) is 6.42 Å². The maximum Gasteiger partial charge on any atom is 0.335 e. The summed E-state index contributed by atoms with van der Waals surface area (Å²) < 4.78 is 10.1. The molecule has 0 aliphatic carbocycles. The zero-order valence-corrected chi connectivity index (χ0v) is 11.8. The molecule has 0 spiro atoms. The van der Waals surface area contributed by atoms with Gasteiger partial charge in [0.15, 0.2) is 18.5 Å². The smallest absolute Gasteiger partial charge is 0.335 e. The van der Waals surface area contributed by atoms with Gasteiger partial charge >= 0.3 is 5.97 Å². The average Bonchev–Trinajstić information content (AvgIpc) is 2.99. The number of amides is 1. The van der Waals surface area contributed by atoms with Gasteiger partial charge in [-0.3, -0.25) is 9.59 Å². The SMILES string of the molecule is CC(=O)c1cccc(NC(=O)COC(=O)[C@@H]2CCCO2)c1. The van der Waals surface area contributed by atoms with Crippen LogP contribution < -0.4 is 5.32 Å². The number of rotatable bonds is 5. The Hall–Kier alpha value is -2.21. The first-order chi connectivity index (χ1) is 10.1. The summed E-state index contributed by atoms with van der Waals surface area (Å²) >= 11 is 0. The van der Waals surface area contributed by atoms with Gasteiger partial charge in [0.25, 0.3) is 5.91 Å². The molecule has 1 saturated heterocycles.